The van der Waals surface area contributed by atoms with E-state index in [0.717, 1.165) is 43.0 Å². The van der Waals surface area contributed by atoms with Crippen molar-refractivity contribution in [1.29, 1.82) is 0 Å². The fourth-order valence-electron chi connectivity index (χ4n) is 3.75. The van der Waals surface area contributed by atoms with E-state index < -0.39 is 0 Å². The molecular weight excluding hydrogens is 354 g/mol. The van der Waals surface area contributed by atoms with Crippen molar-refractivity contribution in [2.75, 3.05) is 7.11 Å². The predicted octanol–water partition coefficient (Wildman–Crippen LogP) is 3.62. The minimum Gasteiger partial charge on any atom is -0.473 e. The van der Waals surface area contributed by atoms with Crippen molar-refractivity contribution in [2.24, 2.45) is 0 Å². The van der Waals surface area contributed by atoms with E-state index in [2.05, 4.69) is 55.9 Å². The van der Waals surface area contributed by atoms with E-state index in [1.54, 1.807) is 25.7 Å². The van der Waals surface area contributed by atoms with Crippen LogP contribution < -0.4 is 4.74 Å². The molecule has 0 unspecified atom stereocenters. The Hall–Kier alpha value is -2.80. The fourth-order valence-corrected chi connectivity index (χ4v) is 3.75. The van der Waals surface area contributed by atoms with Crippen LogP contribution in [-0.4, -0.2) is 37.9 Å². The lowest BCUT2D eigenvalue weighted by atomic mass is 9.86. The molecule has 1 saturated carbocycles. The SMILES string of the molecule is COCc1nnc([C@H]2CC[C@H](Oc3cnccn3)CC2)n1-c1ccc(C)cc1. The Morgan fingerprint density at radius 3 is 2.50 bits per heavy atom. The number of ether oxygens (including phenoxy) is 2. The summed E-state index contributed by atoms with van der Waals surface area (Å²) in [5.41, 5.74) is 2.31. The molecule has 146 valence electrons. The summed E-state index contributed by atoms with van der Waals surface area (Å²) in [5, 5.41) is 8.94. The Morgan fingerprint density at radius 2 is 1.82 bits per heavy atom. The lowest BCUT2D eigenvalue weighted by Gasteiger charge is -2.28. The minimum atomic E-state index is 0.169. The Bertz CT molecular complexity index is 887. The second kappa shape index (κ2) is 8.48. The molecule has 1 fully saturated rings. The monoisotopic (exact) mass is 379 g/mol. The van der Waals surface area contributed by atoms with Gasteiger partial charge in [-0.25, -0.2) is 4.98 Å². The molecule has 2 aromatic heterocycles. The molecule has 7 heteroatoms. The number of aryl methyl sites for hydroxylation is 1. The molecule has 3 aromatic rings. The summed E-state index contributed by atoms with van der Waals surface area (Å²) < 4.78 is 13.5. The molecule has 1 aliphatic rings. The van der Waals surface area contributed by atoms with Gasteiger partial charge in [0.05, 0.1) is 6.20 Å². The largest absolute Gasteiger partial charge is 0.473 e. The molecule has 2 heterocycles. The third-order valence-electron chi connectivity index (χ3n) is 5.19. The average Bonchev–Trinajstić information content (AvgIpc) is 3.14. The summed E-state index contributed by atoms with van der Waals surface area (Å²) in [6.07, 6.45) is 9.06. The van der Waals surface area contributed by atoms with Crippen molar-refractivity contribution < 1.29 is 9.47 Å². The van der Waals surface area contributed by atoms with Crippen molar-refractivity contribution in [3.63, 3.8) is 0 Å². The van der Waals surface area contributed by atoms with E-state index >= 15 is 0 Å². The van der Waals surface area contributed by atoms with E-state index in [1.165, 1.54) is 5.56 Å². The second-order valence-corrected chi connectivity index (χ2v) is 7.21. The zero-order valence-corrected chi connectivity index (χ0v) is 16.3. The van der Waals surface area contributed by atoms with Gasteiger partial charge >= 0.3 is 0 Å². The third kappa shape index (κ3) is 4.04. The number of nitrogens with zero attached hydrogens (tertiary/aromatic N) is 5. The number of methoxy groups -OCH3 is 1. The summed E-state index contributed by atoms with van der Waals surface area (Å²) in [5.74, 6) is 2.78. The maximum atomic E-state index is 5.97. The van der Waals surface area contributed by atoms with Gasteiger partial charge in [0.25, 0.3) is 0 Å². The van der Waals surface area contributed by atoms with Crippen LogP contribution in [0.2, 0.25) is 0 Å². The van der Waals surface area contributed by atoms with Crippen LogP contribution >= 0.6 is 0 Å². The number of rotatable bonds is 6. The lowest BCUT2D eigenvalue weighted by Crippen LogP contribution is -2.25. The smallest absolute Gasteiger partial charge is 0.232 e. The highest BCUT2D eigenvalue weighted by Crippen LogP contribution is 2.35. The first-order valence-electron chi connectivity index (χ1n) is 9.67. The molecule has 0 aliphatic heterocycles. The molecule has 28 heavy (non-hydrogen) atoms. The highest BCUT2D eigenvalue weighted by Gasteiger charge is 2.28. The number of benzene rings is 1. The van der Waals surface area contributed by atoms with Gasteiger partial charge < -0.3 is 9.47 Å². The Morgan fingerprint density at radius 1 is 1.04 bits per heavy atom. The zero-order valence-electron chi connectivity index (χ0n) is 16.3. The van der Waals surface area contributed by atoms with Crippen LogP contribution in [0, 0.1) is 6.92 Å². The average molecular weight is 379 g/mol. The molecule has 1 aliphatic carbocycles. The van der Waals surface area contributed by atoms with Gasteiger partial charge in [-0.1, -0.05) is 17.7 Å². The van der Waals surface area contributed by atoms with Gasteiger partial charge in [-0.3, -0.25) is 9.55 Å². The van der Waals surface area contributed by atoms with Crippen molar-refractivity contribution >= 4 is 0 Å². The number of hydrogen-bond donors (Lipinski definition) is 0. The maximum absolute atomic E-state index is 5.97. The van der Waals surface area contributed by atoms with Crippen molar-refractivity contribution in [1.82, 2.24) is 24.7 Å². The van der Waals surface area contributed by atoms with Crippen molar-refractivity contribution in [3.8, 4) is 11.6 Å². The molecule has 4 rings (SSSR count). The van der Waals surface area contributed by atoms with Crippen molar-refractivity contribution in [3.05, 3.63) is 60.1 Å². The molecule has 1 aromatic carbocycles. The summed E-state index contributed by atoms with van der Waals surface area (Å²) in [7, 11) is 1.68. The van der Waals surface area contributed by atoms with Crippen LogP contribution in [0.4, 0.5) is 0 Å². The molecule has 0 radical (unpaired) electrons. The number of aromatic nitrogens is 5. The first-order valence-corrected chi connectivity index (χ1v) is 9.67. The zero-order chi connectivity index (χ0) is 19.3. The predicted molar refractivity (Wildman–Crippen MR) is 104 cm³/mol. The lowest BCUT2D eigenvalue weighted by molar-refractivity contribution is 0.138. The van der Waals surface area contributed by atoms with Gasteiger partial charge in [0, 0.05) is 31.1 Å². The second-order valence-electron chi connectivity index (χ2n) is 7.21. The highest BCUT2D eigenvalue weighted by atomic mass is 16.5. The van der Waals surface area contributed by atoms with E-state index in [0.29, 0.717) is 18.4 Å². The van der Waals surface area contributed by atoms with Crippen LogP contribution in [0.3, 0.4) is 0 Å². The fraction of sp³-hybridized carbons (Fsp3) is 0.429. The van der Waals surface area contributed by atoms with E-state index in [1.807, 2.05) is 0 Å². The van der Waals surface area contributed by atoms with Gasteiger partial charge in [0.2, 0.25) is 5.88 Å². The normalized spacial score (nSPS) is 19.5. The van der Waals surface area contributed by atoms with Gasteiger partial charge in [0.15, 0.2) is 5.82 Å². The van der Waals surface area contributed by atoms with Crippen LogP contribution in [0.25, 0.3) is 5.69 Å². The Labute approximate surface area is 164 Å². The standard InChI is InChI=1S/C21H25N5O2/c1-15-3-7-17(8-4-15)26-19(14-27-2)24-25-21(26)16-5-9-18(10-6-16)28-20-13-22-11-12-23-20/h3-4,7-8,11-13,16,18H,5-6,9-10,14H2,1-2H3/t16-,18-. The molecule has 0 N–H and O–H groups in total. The van der Waals surface area contributed by atoms with Gasteiger partial charge in [-0.2, -0.15) is 0 Å². The molecular formula is C21H25N5O2. The third-order valence-corrected chi connectivity index (χ3v) is 5.19. The molecule has 0 saturated heterocycles. The quantitative estimate of drug-likeness (QED) is 0.651. The topological polar surface area (TPSA) is 75.0 Å². The minimum absolute atomic E-state index is 0.169. The summed E-state index contributed by atoms with van der Waals surface area (Å²) in [6, 6.07) is 8.46. The first kappa shape index (κ1) is 18.6. The molecule has 0 bridgehead atoms. The Balaban J connectivity index is 1.51. The molecule has 0 atom stereocenters. The van der Waals surface area contributed by atoms with Crippen LogP contribution in [0.5, 0.6) is 5.88 Å². The van der Waals surface area contributed by atoms with E-state index in [4.69, 9.17) is 9.47 Å². The van der Waals surface area contributed by atoms with Crippen LogP contribution in [-0.2, 0) is 11.3 Å². The van der Waals surface area contributed by atoms with Gasteiger partial charge in [-0.15, -0.1) is 10.2 Å². The van der Waals surface area contributed by atoms with E-state index in [-0.39, 0.29) is 6.10 Å². The highest BCUT2D eigenvalue weighted by molar-refractivity contribution is 5.37. The van der Waals surface area contributed by atoms with Gasteiger partial charge in [-0.05, 0) is 44.7 Å². The molecule has 7 nitrogen and oxygen atoms in total. The molecule has 0 spiro atoms. The maximum Gasteiger partial charge on any atom is 0.232 e. The van der Waals surface area contributed by atoms with Crippen LogP contribution in [0.15, 0.2) is 42.9 Å². The molecule has 0 amide bonds. The summed E-state index contributed by atoms with van der Waals surface area (Å²) in [6.45, 7) is 2.53. The van der Waals surface area contributed by atoms with Crippen LogP contribution in [0.1, 0.15) is 48.8 Å². The van der Waals surface area contributed by atoms with Gasteiger partial charge in [0.1, 0.15) is 18.5 Å². The first-order chi connectivity index (χ1) is 13.7. The Kier molecular flexibility index (Phi) is 5.62. The van der Waals surface area contributed by atoms with E-state index in [9.17, 15) is 0 Å². The van der Waals surface area contributed by atoms with Crippen molar-refractivity contribution in [2.45, 2.75) is 51.2 Å². The summed E-state index contributed by atoms with van der Waals surface area (Å²) >= 11 is 0. The summed E-state index contributed by atoms with van der Waals surface area (Å²) in [4.78, 5) is 8.27. The number of hydrogen-bond acceptors (Lipinski definition) is 6.